The Balaban J connectivity index is 2.19. The lowest BCUT2D eigenvalue weighted by molar-refractivity contribution is 0.0497. The Morgan fingerprint density at radius 2 is 1.46 bits per heavy atom. The Bertz CT molecular complexity index is 529. The van der Waals surface area contributed by atoms with Gasteiger partial charge in [0.05, 0.1) is 12.2 Å². The third-order valence-corrected chi connectivity index (χ3v) is 4.77. The van der Waals surface area contributed by atoms with Crippen LogP contribution < -0.4 is 0 Å². The molecule has 3 nitrogen and oxygen atoms in total. The van der Waals surface area contributed by atoms with Crippen molar-refractivity contribution in [1.82, 2.24) is 0 Å². The van der Waals surface area contributed by atoms with Crippen molar-refractivity contribution in [2.24, 2.45) is 0 Å². The fraction of sp³-hybridized carbons (Fsp3) is 0.696. The molecule has 0 atom stereocenters. The zero-order chi connectivity index (χ0) is 19.4. The van der Waals surface area contributed by atoms with Crippen LogP contribution in [0.2, 0.25) is 0 Å². The lowest BCUT2D eigenvalue weighted by Gasteiger charge is -2.21. The Labute approximate surface area is 160 Å². The minimum atomic E-state index is -0.300. The number of phenols is 1. The minimum Gasteiger partial charge on any atom is -0.508 e. The molecule has 0 radical (unpaired) electrons. The molecule has 0 aliphatic carbocycles. The first-order chi connectivity index (χ1) is 12.4. The van der Waals surface area contributed by atoms with Gasteiger partial charge in [0.25, 0.3) is 0 Å². The summed E-state index contributed by atoms with van der Waals surface area (Å²) in [5.41, 5.74) is 1.07. The highest BCUT2D eigenvalue weighted by Crippen LogP contribution is 2.31. The molecular weight excluding hydrogens is 324 g/mol. The van der Waals surface area contributed by atoms with Crippen molar-refractivity contribution in [3.8, 4) is 5.75 Å². The highest BCUT2D eigenvalue weighted by Gasteiger charge is 2.20. The molecule has 0 saturated heterocycles. The predicted octanol–water partition coefficient (Wildman–Crippen LogP) is 6.77. The van der Waals surface area contributed by atoms with Crippen molar-refractivity contribution in [2.75, 3.05) is 6.61 Å². The van der Waals surface area contributed by atoms with E-state index in [1.165, 1.54) is 51.4 Å². The fourth-order valence-corrected chi connectivity index (χ4v) is 3.10. The van der Waals surface area contributed by atoms with Crippen molar-refractivity contribution in [1.29, 1.82) is 0 Å². The van der Waals surface area contributed by atoms with E-state index in [9.17, 15) is 9.90 Å². The monoisotopic (exact) mass is 362 g/mol. The van der Waals surface area contributed by atoms with Crippen molar-refractivity contribution >= 4 is 5.97 Å². The number of rotatable bonds is 12. The molecule has 148 valence electrons. The first-order valence-corrected chi connectivity index (χ1v) is 10.4. The van der Waals surface area contributed by atoms with Gasteiger partial charge in [0.2, 0.25) is 0 Å². The van der Waals surface area contributed by atoms with Crippen LogP contribution in [0.1, 0.15) is 108 Å². The van der Waals surface area contributed by atoms with E-state index in [1.54, 1.807) is 18.2 Å². The number of ether oxygens (including phenoxy) is 1. The van der Waals surface area contributed by atoms with E-state index in [1.807, 2.05) is 20.8 Å². The molecule has 0 fully saturated rings. The quantitative estimate of drug-likeness (QED) is 0.330. The molecule has 3 heteroatoms. The normalized spacial score (nSPS) is 11.5. The topological polar surface area (TPSA) is 46.5 Å². The van der Waals surface area contributed by atoms with E-state index >= 15 is 0 Å². The summed E-state index contributed by atoms with van der Waals surface area (Å²) >= 11 is 0. The van der Waals surface area contributed by atoms with Crippen LogP contribution in [-0.4, -0.2) is 17.7 Å². The van der Waals surface area contributed by atoms with E-state index in [0.29, 0.717) is 12.2 Å². The number of hydrogen-bond donors (Lipinski definition) is 1. The van der Waals surface area contributed by atoms with Crippen molar-refractivity contribution in [3.05, 3.63) is 29.3 Å². The van der Waals surface area contributed by atoms with Crippen LogP contribution in [0.3, 0.4) is 0 Å². The number of unbranched alkanes of at least 4 members (excludes halogenated alkanes) is 9. The molecule has 0 spiro atoms. The van der Waals surface area contributed by atoms with E-state index in [4.69, 9.17) is 4.74 Å². The second-order valence-corrected chi connectivity index (χ2v) is 8.30. The molecule has 0 aliphatic rings. The van der Waals surface area contributed by atoms with Crippen LogP contribution in [0.4, 0.5) is 0 Å². The molecule has 0 aromatic heterocycles. The van der Waals surface area contributed by atoms with Crippen LogP contribution in [-0.2, 0) is 10.2 Å². The van der Waals surface area contributed by atoms with Crippen LogP contribution >= 0.6 is 0 Å². The molecule has 0 bridgehead atoms. The summed E-state index contributed by atoms with van der Waals surface area (Å²) < 4.78 is 5.39. The Kier molecular flexibility index (Phi) is 10.4. The molecule has 0 heterocycles. The van der Waals surface area contributed by atoms with Crippen LogP contribution in [0.25, 0.3) is 0 Å². The number of hydrogen-bond acceptors (Lipinski definition) is 3. The maximum atomic E-state index is 12.2. The van der Waals surface area contributed by atoms with Crippen molar-refractivity contribution < 1.29 is 14.6 Å². The second kappa shape index (κ2) is 12.0. The molecule has 1 N–H and O–H groups in total. The average Bonchev–Trinajstić information content (AvgIpc) is 2.58. The van der Waals surface area contributed by atoms with E-state index in [-0.39, 0.29) is 17.1 Å². The van der Waals surface area contributed by atoms with E-state index in [0.717, 1.165) is 18.4 Å². The predicted molar refractivity (Wildman–Crippen MR) is 109 cm³/mol. The van der Waals surface area contributed by atoms with Crippen molar-refractivity contribution in [2.45, 2.75) is 97.3 Å². The molecule has 1 aromatic carbocycles. The Morgan fingerprint density at radius 3 is 2.00 bits per heavy atom. The van der Waals surface area contributed by atoms with Crippen LogP contribution in [0.15, 0.2) is 18.2 Å². The summed E-state index contributed by atoms with van der Waals surface area (Å²) in [7, 11) is 0. The lowest BCUT2D eigenvalue weighted by Crippen LogP contribution is -2.14. The number of phenolic OH excluding ortho intramolecular Hbond substituents is 1. The first-order valence-electron chi connectivity index (χ1n) is 10.4. The molecule has 0 unspecified atom stereocenters. The second-order valence-electron chi connectivity index (χ2n) is 8.30. The van der Waals surface area contributed by atoms with Gasteiger partial charge in [-0.05, 0) is 30.0 Å². The van der Waals surface area contributed by atoms with Gasteiger partial charge in [-0.1, -0.05) is 85.5 Å². The smallest absolute Gasteiger partial charge is 0.338 e. The number of aromatic hydroxyl groups is 1. The fourth-order valence-electron chi connectivity index (χ4n) is 3.10. The number of esters is 1. The van der Waals surface area contributed by atoms with Gasteiger partial charge in [0.15, 0.2) is 0 Å². The number of benzene rings is 1. The Hall–Kier alpha value is -1.51. The van der Waals surface area contributed by atoms with Gasteiger partial charge < -0.3 is 9.84 Å². The summed E-state index contributed by atoms with van der Waals surface area (Å²) in [4.78, 5) is 12.2. The zero-order valence-corrected chi connectivity index (χ0v) is 17.3. The number of carbonyl (C=O) groups excluding carboxylic acids is 1. The standard InChI is InChI=1S/C23H38O3/c1-5-6-7-8-9-10-11-12-13-14-17-26-22(25)19-15-16-21(24)20(18-19)23(2,3)4/h15-16,18,24H,5-14,17H2,1-4H3. The SMILES string of the molecule is CCCCCCCCCCCCOC(=O)c1ccc(O)c(C(C)(C)C)c1. The van der Waals surface area contributed by atoms with Gasteiger partial charge in [-0.15, -0.1) is 0 Å². The summed E-state index contributed by atoms with van der Waals surface area (Å²) in [6.45, 7) is 8.77. The van der Waals surface area contributed by atoms with Gasteiger partial charge in [0, 0.05) is 5.56 Å². The highest BCUT2D eigenvalue weighted by molar-refractivity contribution is 5.90. The molecule has 26 heavy (non-hydrogen) atoms. The number of carbonyl (C=O) groups is 1. The van der Waals surface area contributed by atoms with Gasteiger partial charge >= 0.3 is 5.97 Å². The van der Waals surface area contributed by atoms with Gasteiger partial charge in [-0.2, -0.15) is 0 Å². The Morgan fingerprint density at radius 1 is 0.923 bits per heavy atom. The lowest BCUT2D eigenvalue weighted by atomic mass is 9.85. The molecule has 1 aromatic rings. The summed E-state index contributed by atoms with van der Waals surface area (Å²) in [5, 5.41) is 9.98. The maximum Gasteiger partial charge on any atom is 0.338 e. The first kappa shape index (κ1) is 22.5. The molecule has 0 saturated carbocycles. The molecule has 0 aliphatic heterocycles. The third kappa shape index (κ3) is 8.73. The maximum absolute atomic E-state index is 12.2. The largest absolute Gasteiger partial charge is 0.508 e. The molecule has 0 amide bonds. The van der Waals surface area contributed by atoms with Crippen LogP contribution in [0.5, 0.6) is 5.75 Å². The average molecular weight is 363 g/mol. The van der Waals surface area contributed by atoms with Gasteiger partial charge in [-0.3, -0.25) is 0 Å². The van der Waals surface area contributed by atoms with Crippen LogP contribution in [0, 0.1) is 0 Å². The summed E-state index contributed by atoms with van der Waals surface area (Å²) in [5.74, 6) is -0.0739. The summed E-state index contributed by atoms with van der Waals surface area (Å²) in [6, 6.07) is 4.96. The molecule has 1 rings (SSSR count). The van der Waals surface area contributed by atoms with E-state index in [2.05, 4.69) is 6.92 Å². The summed E-state index contributed by atoms with van der Waals surface area (Å²) in [6.07, 6.45) is 12.6. The van der Waals surface area contributed by atoms with Crippen molar-refractivity contribution in [3.63, 3.8) is 0 Å². The highest BCUT2D eigenvalue weighted by atomic mass is 16.5. The van der Waals surface area contributed by atoms with E-state index < -0.39 is 0 Å². The zero-order valence-electron chi connectivity index (χ0n) is 17.3. The third-order valence-electron chi connectivity index (χ3n) is 4.77. The molecular formula is C23H38O3. The van der Waals surface area contributed by atoms with Gasteiger partial charge in [0.1, 0.15) is 5.75 Å². The minimum absolute atomic E-state index is 0.211. The van der Waals surface area contributed by atoms with Gasteiger partial charge in [-0.25, -0.2) is 4.79 Å².